The van der Waals surface area contributed by atoms with E-state index >= 15 is 0 Å². The normalized spacial score (nSPS) is 20.8. The monoisotopic (exact) mass is 618 g/mol. The minimum Gasteiger partial charge on any atom is -0.541 e. The van der Waals surface area contributed by atoms with Gasteiger partial charge in [0.2, 0.25) is 0 Å². The van der Waals surface area contributed by atoms with Crippen molar-refractivity contribution < 1.29 is 44.1 Å². The van der Waals surface area contributed by atoms with Crippen molar-refractivity contribution in [3.63, 3.8) is 0 Å². The van der Waals surface area contributed by atoms with Crippen molar-refractivity contribution in [3.8, 4) is 16.3 Å². The molecule has 0 N–H and O–H groups in total. The van der Waals surface area contributed by atoms with Gasteiger partial charge in [0, 0.05) is 66.0 Å². The molecule has 3 rings (SSSR count). The summed E-state index contributed by atoms with van der Waals surface area (Å²) >= 11 is 1.46. The fraction of sp³-hybridized carbons (Fsp3) is 0.593. The quantitative estimate of drug-likeness (QED) is 0.193. The van der Waals surface area contributed by atoms with Crippen LogP contribution in [0.2, 0.25) is 0 Å². The van der Waals surface area contributed by atoms with Crippen molar-refractivity contribution in [1.82, 2.24) is 9.88 Å². The van der Waals surface area contributed by atoms with Crippen LogP contribution in [-0.4, -0.2) is 62.9 Å². The number of halogens is 2. The van der Waals surface area contributed by atoms with Crippen LogP contribution in [0.4, 0.5) is 8.78 Å². The van der Waals surface area contributed by atoms with E-state index in [1.54, 1.807) is 32.5 Å². The van der Waals surface area contributed by atoms with Gasteiger partial charge in [-0.15, -0.1) is 16.8 Å². The van der Waals surface area contributed by atoms with Gasteiger partial charge in [-0.25, -0.2) is 4.98 Å². The summed E-state index contributed by atoms with van der Waals surface area (Å²) in [5, 5.41) is 0.612. The minimum atomic E-state index is -2.93. The molecule has 1 unspecified atom stereocenters. The molecule has 0 amide bonds. The first-order valence-corrected chi connectivity index (χ1v) is 12.9. The van der Waals surface area contributed by atoms with Gasteiger partial charge in [0.1, 0.15) is 10.8 Å². The third-order valence-corrected chi connectivity index (χ3v) is 8.03. The summed E-state index contributed by atoms with van der Waals surface area (Å²) < 4.78 is 36.2. The number of rotatable bonds is 10. The molecule has 204 valence electrons. The Balaban J connectivity index is 0.00000481. The van der Waals surface area contributed by atoms with Crippen LogP contribution in [0.15, 0.2) is 23.2 Å². The van der Waals surface area contributed by atoms with Gasteiger partial charge in [-0.2, -0.15) is 8.78 Å². The Bertz CT molecular complexity index is 1070. The van der Waals surface area contributed by atoms with Crippen LogP contribution in [0.5, 0.6) is 5.75 Å². The molecule has 1 fully saturated rings. The van der Waals surface area contributed by atoms with E-state index in [1.165, 1.54) is 17.4 Å². The standard InChI is InChI=1S/C27H36F2N3O3S.Mo/c1-18-23(15-32-14-20(26(2,3)4)12-27(16-32,17-33)9-10-34-6)36-24(31-18)21-11-19(13-30-5)7-8-22(21)35-25(28)29;/h7-8,11,13,20,25H,9-10,12,14-16H2,1-6H3;/q-1;/t20?,27-;/m1./s1. The zero-order chi connectivity index (χ0) is 26.5. The van der Waals surface area contributed by atoms with Crippen molar-refractivity contribution in [2.24, 2.45) is 21.7 Å². The van der Waals surface area contributed by atoms with Crippen molar-refractivity contribution in [2.75, 3.05) is 33.9 Å². The molecule has 0 spiro atoms. The maximum Gasteiger partial charge on any atom is 0.387 e. The molecule has 0 saturated carbocycles. The second kappa shape index (κ2) is 13.5. The van der Waals surface area contributed by atoms with E-state index in [0.717, 1.165) is 29.1 Å². The van der Waals surface area contributed by atoms with Crippen LogP contribution in [0.3, 0.4) is 0 Å². The van der Waals surface area contributed by atoms with Crippen molar-refractivity contribution in [2.45, 2.75) is 53.7 Å². The number of nitrogens with zero attached hydrogens (tertiary/aromatic N) is 3. The van der Waals surface area contributed by atoms with Crippen LogP contribution >= 0.6 is 11.3 Å². The zero-order valence-electron chi connectivity index (χ0n) is 22.3. The fourth-order valence-corrected chi connectivity index (χ4v) is 5.87. The summed E-state index contributed by atoms with van der Waals surface area (Å²) in [6.45, 7) is 8.20. The van der Waals surface area contributed by atoms with E-state index in [0.29, 0.717) is 42.6 Å². The topological polar surface area (TPSA) is 64.0 Å². The number of thiazole rings is 1. The van der Waals surface area contributed by atoms with Gasteiger partial charge in [-0.05, 0) is 55.0 Å². The van der Waals surface area contributed by atoms with Gasteiger partial charge >= 0.3 is 6.61 Å². The average Bonchev–Trinajstić information content (AvgIpc) is 3.17. The molecule has 0 bridgehead atoms. The third-order valence-electron chi connectivity index (χ3n) is 6.86. The molecule has 1 aliphatic heterocycles. The first-order valence-electron chi connectivity index (χ1n) is 12.1. The number of likely N-dealkylation sites (tertiary alicyclic amines) is 1. The maximum absolute atomic E-state index is 13.1. The molecule has 1 aliphatic rings. The van der Waals surface area contributed by atoms with Gasteiger partial charge in [-0.1, -0.05) is 27.2 Å². The Morgan fingerprint density at radius 3 is 2.70 bits per heavy atom. The SMILES string of the molecule is CN=Cc1ccc(OC(F)F)c(-c2nc(C)c(CN3CC(C(C)(C)C)C[C@]([C-]=O)(CCOC)C3)s2)c1.[Mo]. The van der Waals surface area contributed by atoms with Crippen molar-refractivity contribution in [3.05, 3.63) is 34.3 Å². The molecule has 1 saturated heterocycles. The number of aryl methyl sites for hydroxylation is 1. The molecule has 1 aromatic heterocycles. The van der Waals surface area contributed by atoms with E-state index in [9.17, 15) is 13.6 Å². The van der Waals surface area contributed by atoms with Crippen LogP contribution in [0.1, 0.15) is 49.7 Å². The molecule has 2 atom stereocenters. The molecule has 1 aromatic carbocycles. The van der Waals surface area contributed by atoms with Crippen molar-refractivity contribution >= 4 is 23.8 Å². The molecule has 0 radical (unpaired) electrons. The number of methoxy groups -OCH3 is 1. The predicted octanol–water partition coefficient (Wildman–Crippen LogP) is 5.77. The molecule has 10 heteroatoms. The summed E-state index contributed by atoms with van der Waals surface area (Å²) in [4.78, 5) is 24.3. The van der Waals surface area contributed by atoms with Gasteiger partial charge < -0.3 is 14.3 Å². The van der Waals surface area contributed by atoms with E-state index < -0.39 is 12.0 Å². The second-order valence-corrected chi connectivity index (χ2v) is 11.7. The Labute approximate surface area is 237 Å². The number of piperidine rings is 1. The van der Waals surface area contributed by atoms with Gasteiger partial charge in [0.25, 0.3) is 0 Å². The van der Waals surface area contributed by atoms with Crippen LogP contribution in [0, 0.1) is 23.7 Å². The van der Waals surface area contributed by atoms with Crippen LogP contribution in [-0.2, 0) is 37.1 Å². The minimum absolute atomic E-state index is 0. The van der Waals surface area contributed by atoms with E-state index in [1.807, 2.05) is 6.92 Å². The Morgan fingerprint density at radius 1 is 1.38 bits per heavy atom. The van der Waals surface area contributed by atoms with Crippen LogP contribution in [0.25, 0.3) is 10.6 Å². The second-order valence-electron chi connectivity index (χ2n) is 10.6. The summed E-state index contributed by atoms with van der Waals surface area (Å²) in [5.74, 6) is 0.395. The fourth-order valence-electron chi connectivity index (χ4n) is 4.74. The maximum atomic E-state index is 13.1. The molecule has 2 aromatic rings. The number of carbonyl (C=O) groups excluding carboxylic acids is 1. The van der Waals surface area contributed by atoms with Gasteiger partial charge in [0.05, 0.1) is 11.3 Å². The zero-order valence-corrected chi connectivity index (χ0v) is 25.2. The first-order chi connectivity index (χ1) is 17.0. The molecular weight excluding hydrogens is 580 g/mol. The van der Waals surface area contributed by atoms with E-state index in [4.69, 9.17) is 14.5 Å². The third kappa shape index (κ3) is 8.22. The number of ether oxygens (including phenoxy) is 2. The number of alkyl halides is 2. The number of benzene rings is 1. The summed E-state index contributed by atoms with van der Waals surface area (Å²) in [7, 11) is 3.30. The smallest absolute Gasteiger partial charge is 0.387 e. The summed E-state index contributed by atoms with van der Waals surface area (Å²) in [6, 6.07) is 4.98. The van der Waals surface area contributed by atoms with Gasteiger partial charge in [-0.3, -0.25) is 16.2 Å². The summed E-state index contributed by atoms with van der Waals surface area (Å²) in [5.41, 5.74) is 1.57. The first kappa shape index (κ1) is 31.7. The van der Waals surface area contributed by atoms with Crippen LogP contribution < -0.4 is 4.74 Å². The van der Waals surface area contributed by atoms with Crippen molar-refractivity contribution in [1.29, 1.82) is 0 Å². The molecule has 2 heterocycles. The largest absolute Gasteiger partial charge is 0.541 e. The number of aliphatic imine (C=N–C) groups is 1. The van der Waals surface area contributed by atoms with E-state index in [-0.39, 0.29) is 32.2 Å². The summed E-state index contributed by atoms with van der Waals surface area (Å²) in [6.07, 6.45) is 5.45. The Kier molecular flexibility index (Phi) is 11.6. The Hall–Kier alpha value is -1.54. The predicted molar refractivity (Wildman–Crippen MR) is 140 cm³/mol. The molecule has 37 heavy (non-hydrogen) atoms. The molecule has 0 aliphatic carbocycles. The number of hydrogen-bond donors (Lipinski definition) is 0. The average molecular weight is 617 g/mol. The van der Waals surface area contributed by atoms with E-state index in [2.05, 4.69) is 36.9 Å². The van der Waals surface area contributed by atoms with Gasteiger partial charge in [0.15, 0.2) is 0 Å². The molecular formula is C27H36F2MoN3O3S-. The Morgan fingerprint density at radius 2 is 2.11 bits per heavy atom. The molecule has 6 nitrogen and oxygen atoms in total. The number of aromatic nitrogens is 1. The number of hydrogen-bond acceptors (Lipinski definition) is 7.